The maximum Gasteiger partial charge on any atom is 0.169 e. The van der Waals surface area contributed by atoms with E-state index < -0.39 is 0 Å². The zero-order chi connectivity index (χ0) is 24.1. The molecule has 0 aliphatic carbocycles. The average molecular weight is 541 g/mol. The monoisotopic (exact) mass is 539 g/mol. The Bertz CT molecular complexity index is 779. The second-order valence-corrected chi connectivity index (χ2v) is 9.81. The smallest absolute Gasteiger partial charge is 0.169 e. The van der Waals surface area contributed by atoms with Crippen molar-refractivity contribution in [3.8, 4) is 0 Å². The summed E-state index contributed by atoms with van der Waals surface area (Å²) in [5.41, 5.74) is 3.71. The number of allylic oxidation sites excluding steroid dienone is 2. The molecule has 0 amide bonds. The van der Waals surface area contributed by atoms with Gasteiger partial charge in [-0.05, 0) is 23.1 Å². The first-order valence-electron chi connectivity index (χ1n) is 14.2. The molecule has 0 aliphatic heterocycles. The van der Waals surface area contributed by atoms with Crippen molar-refractivity contribution >= 4 is 5.57 Å². The summed E-state index contributed by atoms with van der Waals surface area (Å²) < 4.78 is 2.32. The summed E-state index contributed by atoms with van der Waals surface area (Å²) in [6, 6.07) is 15.0. The fourth-order valence-electron chi connectivity index (χ4n) is 4.72. The molecule has 194 valence electrons. The van der Waals surface area contributed by atoms with Gasteiger partial charge in [-0.15, -0.1) is 0 Å². The van der Waals surface area contributed by atoms with Crippen LogP contribution in [0.25, 0.3) is 5.57 Å². The molecule has 0 atom stereocenters. The molecule has 2 aromatic rings. The number of aromatic nitrogens is 1. The fourth-order valence-corrected chi connectivity index (χ4v) is 4.72. The van der Waals surface area contributed by atoms with E-state index in [0.717, 1.165) is 6.54 Å². The maximum absolute atomic E-state index is 3.89. The van der Waals surface area contributed by atoms with Gasteiger partial charge >= 0.3 is 0 Å². The van der Waals surface area contributed by atoms with Crippen LogP contribution < -0.4 is 21.5 Å². The van der Waals surface area contributed by atoms with Gasteiger partial charge in [-0.3, -0.25) is 0 Å². The number of rotatable bonds is 20. The van der Waals surface area contributed by atoms with E-state index in [2.05, 4.69) is 79.0 Å². The summed E-state index contributed by atoms with van der Waals surface area (Å²) >= 11 is 0. The molecule has 0 N–H and O–H groups in total. The van der Waals surface area contributed by atoms with Crippen molar-refractivity contribution < 1.29 is 21.5 Å². The van der Waals surface area contributed by atoms with Gasteiger partial charge in [0.05, 0.1) is 0 Å². The highest BCUT2D eigenvalue weighted by atomic mass is 79.9. The van der Waals surface area contributed by atoms with Gasteiger partial charge in [0.2, 0.25) is 0 Å². The molecule has 0 saturated carbocycles. The molecule has 0 saturated heterocycles. The normalized spacial score (nSPS) is 11.3. The highest BCUT2D eigenvalue weighted by Crippen LogP contribution is 2.22. The van der Waals surface area contributed by atoms with Gasteiger partial charge in [0.15, 0.2) is 12.4 Å². The third-order valence-corrected chi connectivity index (χ3v) is 6.84. The van der Waals surface area contributed by atoms with Crippen LogP contribution >= 0.6 is 0 Å². The van der Waals surface area contributed by atoms with Gasteiger partial charge in [-0.25, -0.2) is 4.57 Å². The van der Waals surface area contributed by atoms with E-state index in [1.807, 2.05) is 6.08 Å². The molecular weight excluding hydrogens is 490 g/mol. The summed E-state index contributed by atoms with van der Waals surface area (Å²) in [6.07, 6.45) is 31.1. The molecule has 0 radical (unpaired) electrons. The largest absolute Gasteiger partial charge is 1.00 e. The van der Waals surface area contributed by atoms with E-state index in [-0.39, 0.29) is 17.0 Å². The molecule has 0 fully saturated rings. The van der Waals surface area contributed by atoms with Crippen molar-refractivity contribution in [2.45, 2.75) is 116 Å². The third kappa shape index (κ3) is 14.5. The van der Waals surface area contributed by atoms with Crippen molar-refractivity contribution in [1.82, 2.24) is 0 Å². The summed E-state index contributed by atoms with van der Waals surface area (Å²) in [6.45, 7) is 7.31. The quantitative estimate of drug-likeness (QED) is 0.0982. The lowest BCUT2D eigenvalue weighted by molar-refractivity contribution is -0.697. The Morgan fingerprint density at radius 2 is 1.06 bits per heavy atom. The van der Waals surface area contributed by atoms with Crippen LogP contribution in [0.4, 0.5) is 0 Å². The van der Waals surface area contributed by atoms with Gasteiger partial charge < -0.3 is 17.0 Å². The first-order valence-corrected chi connectivity index (χ1v) is 14.2. The highest BCUT2D eigenvalue weighted by Gasteiger charge is 2.07. The van der Waals surface area contributed by atoms with E-state index in [0.29, 0.717) is 0 Å². The molecule has 1 aromatic heterocycles. The van der Waals surface area contributed by atoms with Crippen LogP contribution in [0.2, 0.25) is 0 Å². The van der Waals surface area contributed by atoms with E-state index in [9.17, 15) is 0 Å². The Hall–Kier alpha value is -1.67. The summed E-state index contributed by atoms with van der Waals surface area (Å²) in [7, 11) is 0. The predicted molar refractivity (Wildman–Crippen MR) is 150 cm³/mol. The van der Waals surface area contributed by atoms with Crippen LogP contribution in [0.3, 0.4) is 0 Å². The summed E-state index contributed by atoms with van der Waals surface area (Å²) in [4.78, 5) is 0. The molecular formula is C33H50BrN. The van der Waals surface area contributed by atoms with E-state index in [4.69, 9.17) is 0 Å². The predicted octanol–water partition coefficient (Wildman–Crippen LogP) is 6.86. The standard InChI is InChI=1S/C33H50N.BrH/c1-3-5-6-7-8-9-10-11-12-13-14-15-16-17-18-22-28-34-29-26-32(27-30-34)33(23-4-2)31-24-20-19-21-25-31;/h4,19-21,23-27,29-30H,2-3,5-18,22,28H2,1H3;1H/q+1;/p-1. The molecule has 0 unspecified atom stereocenters. The van der Waals surface area contributed by atoms with E-state index >= 15 is 0 Å². The van der Waals surface area contributed by atoms with Crippen molar-refractivity contribution in [3.63, 3.8) is 0 Å². The number of benzene rings is 1. The van der Waals surface area contributed by atoms with Crippen molar-refractivity contribution in [2.75, 3.05) is 0 Å². The zero-order valence-corrected chi connectivity index (χ0v) is 24.0. The lowest BCUT2D eigenvalue weighted by Crippen LogP contribution is -3.00. The van der Waals surface area contributed by atoms with Gasteiger partial charge in [-0.2, -0.15) is 0 Å². The fraction of sp³-hybridized carbons (Fsp3) is 0.545. The molecule has 35 heavy (non-hydrogen) atoms. The first-order chi connectivity index (χ1) is 16.8. The molecule has 2 rings (SSSR count). The maximum atomic E-state index is 3.89. The number of pyridine rings is 1. The van der Waals surface area contributed by atoms with Crippen molar-refractivity contribution in [1.29, 1.82) is 0 Å². The topological polar surface area (TPSA) is 3.88 Å². The number of hydrogen-bond acceptors (Lipinski definition) is 0. The number of hydrogen-bond donors (Lipinski definition) is 0. The van der Waals surface area contributed by atoms with Gasteiger partial charge in [0.25, 0.3) is 0 Å². The third-order valence-electron chi connectivity index (χ3n) is 6.84. The number of unbranched alkanes of at least 4 members (excludes halogenated alkanes) is 15. The van der Waals surface area contributed by atoms with Crippen LogP contribution in [0.5, 0.6) is 0 Å². The Kier molecular flexibility index (Phi) is 19.4. The molecule has 0 bridgehead atoms. The summed E-state index contributed by atoms with van der Waals surface area (Å²) in [5.74, 6) is 0. The molecule has 2 heteroatoms. The molecule has 1 aromatic carbocycles. The minimum Gasteiger partial charge on any atom is -1.00 e. The van der Waals surface area contributed by atoms with Gasteiger partial charge in [-0.1, -0.05) is 146 Å². The Morgan fingerprint density at radius 1 is 0.629 bits per heavy atom. The van der Waals surface area contributed by atoms with Crippen LogP contribution in [0, 0.1) is 0 Å². The van der Waals surface area contributed by atoms with Gasteiger partial charge in [0.1, 0.15) is 6.54 Å². The van der Waals surface area contributed by atoms with Crippen molar-refractivity contribution in [3.05, 3.63) is 84.7 Å². The first kappa shape index (κ1) is 31.4. The van der Waals surface area contributed by atoms with E-state index in [1.54, 1.807) is 0 Å². The van der Waals surface area contributed by atoms with Gasteiger partial charge in [0, 0.05) is 18.6 Å². The SMILES string of the molecule is C=CC=C(c1ccccc1)c1cc[n+](CCCCCCCCCCCCCCCCCC)cc1.[Br-]. The average Bonchev–Trinajstić information content (AvgIpc) is 2.88. The van der Waals surface area contributed by atoms with Crippen LogP contribution in [-0.2, 0) is 6.54 Å². The molecule has 0 spiro atoms. The Balaban J connectivity index is 0.00000612. The minimum atomic E-state index is 0. The van der Waals surface area contributed by atoms with E-state index in [1.165, 1.54) is 119 Å². The molecule has 1 heterocycles. The zero-order valence-electron chi connectivity index (χ0n) is 22.4. The molecule has 1 nitrogen and oxygen atoms in total. The number of nitrogens with zero attached hydrogens (tertiary/aromatic N) is 1. The van der Waals surface area contributed by atoms with Crippen LogP contribution in [0.15, 0.2) is 73.6 Å². The lowest BCUT2D eigenvalue weighted by Gasteiger charge is -2.07. The number of aryl methyl sites for hydroxylation is 1. The van der Waals surface area contributed by atoms with Crippen LogP contribution in [-0.4, -0.2) is 0 Å². The second-order valence-electron chi connectivity index (χ2n) is 9.81. The summed E-state index contributed by atoms with van der Waals surface area (Å²) in [5, 5.41) is 0. The molecule has 0 aliphatic rings. The second kappa shape index (κ2) is 21.6. The minimum absolute atomic E-state index is 0. The van der Waals surface area contributed by atoms with Crippen LogP contribution in [0.1, 0.15) is 121 Å². The highest BCUT2D eigenvalue weighted by molar-refractivity contribution is 5.80. The lowest BCUT2D eigenvalue weighted by atomic mass is 9.98. The Labute approximate surface area is 227 Å². The Morgan fingerprint density at radius 3 is 1.51 bits per heavy atom. The van der Waals surface area contributed by atoms with Crippen molar-refractivity contribution in [2.24, 2.45) is 0 Å². The number of halogens is 1.